The summed E-state index contributed by atoms with van der Waals surface area (Å²) < 4.78 is 40.9. The Bertz CT molecular complexity index is 1010. The second-order valence-electron chi connectivity index (χ2n) is 6.35. The Hall–Kier alpha value is -3.74. The molecule has 0 amide bonds. The highest BCUT2D eigenvalue weighted by atomic mass is 19.4. The number of hydrogen-bond acceptors (Lipinski definition) is 6. The van der Waals surface area contributed by atoms with Crippen LogP contribution in [0.1, 0.15) is 5.56 Å². The molecule has 1 fully saturated rings. The lowest BCUT2D eigenvalue weighted by atomic mass is 10.2. The second kappa shape index (κ2) is 8.73. The molecule has 0 spiro atoms. The van der Waals surface area contributed by atoms with E-state index in [1.165, 1.54) is 36.5 Å². The zero-order chi connectivity index (χ0) is 21.7. The van der Waals surface area contributed by atoms with Gasteiger partial charge in [0.2, 0.25) is 5.82 Å². The fourth-order valence-electron chi connectivity index (χ4n) is 2.96. The van der Waals surface area contributed by atoms with Crippen molar-refractivity contribution in [3.63, 3.8) is 0 Å². The van der Waals surface area contributed by atoms with Gasteiger partial charge in [0.15, 0.2) is 0 Å². The molecule has 1 aromatic heterocycles. The maximum atomic E-state index is 12.3. The molecule has 0 saturated carbocycles. The summed E-state index contributed by atoms with van der Waals surface area (Å²) in [6, 6.07) is 8.32. The summed E-state index contributed by atoms with van der Waals surface area (Å²) in [5.41, 5.74) is 0.818. The smallest absolute Gasteiger partial charge is 0.406 e. The van der Waals surface area contributed by atoms with E-state index in [1.807, 2.05) is 9.80 Å². The molecular weight excluding hydrogens is 401 g/mol. The van der Waals surface area contributed by atoms with Crippen LogP contribution in [0.3, 0.4) is 0 Å². The van der Waals surface area contributed by atoms with Gasteiger partial charge < -0.3 is 14.5 Å². The Morgan fingerprint density at radius 1 is 1.20 bits per heavy atom. The maximum Gasteiger partial charge on any atom is 0.573 e. The molecule has 2 aromatic rings. The Morgan fingerprint density at radius 3 is 2.60 bits per heavy atom. The number of rotatable bonds is 4. The normalized spacial score (nSPS) is 14.0. The molecular formula is C20H17F3N4O3. The predicted octanol–water partition coefficient (Wildman–Crippen LogP) is 3.58. The van der Waals surface area contributed by atoms with Crippen molar-refractivity contribution in [1.29, 1.82) is 0 Å². The number of nitro groups is 1. The first-order valence-electron chi connectivity index (χ1n) is 8.89. The van der Waals surface area contributed by atoms with Crippen molar-refractivity contribution >= 4 is 11.5 Å². The fourth-order valence-corrected chi connectivity index (χ4v) is 2.96. The first kappa shape index (κ1) is 21.0. The monoisotopic (exact) mass is 418 g/mol. The summed E-state index contributed by atoms with van der Waals surface area (Å²) in [5.74, 6) is 5.60. The van der Waals surface area contributed by atoms with E-state index < -0.39 is 11.3 Å². The largest absolute Gasteiger partial charge is 0.573 e. The van der Waals surface area contributed by atoms with Crippen LogP contribution in [-0.2, 0) is 0 Å². The molecule has 1 aromatic carbocycles. The molecule has 0 bridgehead atoms. The molecule has 1 aliphatic rings. The lowest BCUT2D eigenvalue weighted by molar-refractivity contribution is -0.384. The Morgan fingerprint density at radius 2 is 1.93 bits per heavy atom. The SMILES string of the molecule is C=C(C#Cc1cccc(OC(F)(F)F)c1)N1CCN(c2ncccc2[N+](=O)[O-])CC1. The number of piperazine rings is 1. The number of ether oxygens (including phenoxy) is 1. The zero-order valence-corrected chi connectivity index (χ0v) is 15.7. The summed E-state index contributed by atoms with van der Waals surface area (Å²) in [6.07, 6.45) is -3.26. The lowest BCUT2D eigenvalue weighted by Gasteiger charge is -2.35. The van der Waals surface area contributed by atoms with Gasteiger partial charge in [-0.25, -0.2) is 4.98 Å². The van der Waals surface area contributed by atoms with Crippen molar-refractivity contribution in [3.8, 4) is 17.6 Å². The van der Waals surface area contributed by atoms with E-state index >= 15 is 0 Å². The fraction of sp³-hybridized carbons (Fsp3) is 0.250. The molecule has 30 heavy (non-hydrogen) atoms. The standard InChI is InChI=1S/C20H17F3N4O3/c1-15(7-8-16-4-2-5-17(14-16)30-20(21,22)23)25-10-12-26(13-11-25)19-18(27(28)29)6-3-9-24-19/h2-6,9,14H,1,10-13H2. The molecule has 10 heteroatoms. The van der Waals surface area contributed by atoms with E-state index in [4.69, 9.17) is 0 Å². The molecule has 0 N–H and O–H groups in total. The van der Waals surface area contributed by atoms with Gasteiger partial charge in [-0.15, -0.1) is 13.2 Å². The Labute approximate surface area is 170 Å². The summed E-state index contributed by atoms with van der Waals surface area (Å²) in [7, 11) is 0. The average Bonchev–Trinajstić information content (AvgIpc) is 2.71. The minimum absolute atomic E-state index is 0.0504. The summed E-state index contributed by atoms with van der Waals surface area (Å²) in [5, 5.41) is 11.2. The van der Waals surface area contributed by atoms with Crippen molar-refractivity contribution < 1.29 is 22.8 Å². The number of nitrogens with zero attached hydrogens (tertiary/aromatic N) is 4. The van der Waals surface area contributed by atoms with Crippen LogP contribution in [0.2, 0.25) is 0 Å². The highest BCUT2D eigenvalue weighted by Crippen LogP contribution is 2.26. The van der Waals surface area contributed by atoms with Crippen molar-refractivity contribution in [3.05, 3.63) is 70.5 Å². The molecule has 0 atom stereocenters. The van der Waals surface area contributed by atoms with Gasteiger partial charge in [0.05, 0.1) is 10.6 Å². The summed E-state index contributed by atoms with van der Waals surface area (Å²) in [4.78, 5) is 18.6. The Kier molecular flexibility index (Phi) is 6.11. The van der Waals surface area contributed by atoms with E-state index in [-0.39, 0.29) is 11.4 Å². The van der Waals surface area contributed by atoms with Crippen LogP contribution in [0, 0.1) is 22.0 Å². The number of pyridine rings is 1. The van der Waals surface area contributed by atoms with Crippen LogP contribution in [0.15, 0.2) is 54.9 Å². The van der Waals surface area contributed by atoms with E-state index in [9.17, 15) is 23.3 Å². The highest BCUT2D eigenvalue weighted by molar-refractivity contribution is 5.57. The third-order valence-electron chi connectivity index (χ3n) is 4.34. The predicted molar refractivity (Wildman–Crippen MR) is 104 cm³/mol. The van der Waals surface area contributed by atoms with Gasteiger partial charge in [0.25, 0.3) is 0 Å². The van der Waals surface area contributed by atoms with Crippen LogP contribution in [0.4, 0.5) is 24.7 Å². The first-order chi connectivity index (χ1) is 14.2. The van der Waals surface area contributed by atoms with Crippen molar-refractivity contribution in [2.45, 2.75) is 6.36 Å². The molecule has 0 unspecified atom stereocenters. The van der Waals surface area contributed by atoms with E-state index in [0.29, 0.717) is 43.3 Å². The highest BCUT2D eigenvalue weighted by Gasteiger charge is 2.31. The number of halogens is 3. The zero-order valence-electron chi connectivity index (χ0n) is 15.7. The summed E-state index contributed by atoms with van der Waals surface area (Å²) >= 11 is 0. The first-order valence-corrected chi connectivity index (χ1v) is 8.89. The van der Waals surface area contributed by atoms with Gasteiger partial charge in [-0.05, 0) is 30.2 Å². The van der Waals surface area contributed by atoms with Crippen LogP contribution in [-0.4, -0.2) is 47.3 Å². The number of aromatic nitrogens is 1. The van der Waals surface area contributed by atoms with Gasteiger partial charge in [-0.3, -0.25) is 10.1 Å². The average molecular weight is 418 g/mol. The third kappa shape index (κ3) is 5.41. The van der Waals surface area contributed by atoms with Crippen molar-refractivity contribution in [1.82, 2.24) is 9.88 Å². The van der Waals surface area contributed by atoms with Gasteiger partial charge in [-0.2, -0.15) is 0 Å². The van der Waals surface area contributed by atoms with Gasteiger partial charge in [-0.1, -0.05) is 18.6 Å². The number of hydrogen-bond donors (Lipinski definition) is 0. The molecule has 2 heterocycles. The topological polar surface area (TPSA) is 71.7 Å². The molecule has 0 radical (unpaired) electrons. The van der Waals surface area contributed by atoms with Gasteiger partial charge in [0, 0.05) is 44.0 Å². The Balaban J connectivity index is 1.62. The van der Waals surface area contributed by atoms with Gasteiger partial charge in [0.1, 0.15) is 5.75 Å². The van der Waals surface area contributed by atoms with Crippen LogP contribution < -0.4 is 9.64 Å². The lowest BCUT2D eigenvalue weighted by Crippen LogP contribution is -2.46. The third-order valence-corrected chi connectivity index (χ3v) is 4.34. The minimum atomic E-state index is -4.77. The molecule has 3 rings (SSSR count). The van der Waals surface area contributed by atoms with Crippen molar-refractivity contribution in [2.24, 2.45) is 0 Å². The molecule has 1 saturated heterocycles. The van der Waals surface area contributed by atoms with Crippen LogP contribution >= 0.6 is 0 Å². The maximum absolute atomic E-state index is 12.3. The molecule has 7 nitrogen and oxygen atoms in total. The number of allylic oxidation sites excluding steroid dienone is 1. The number of anilines is 1. The summed E-state index contributed by atoms with van der Waals surface area (Å²) in [6.45, 7) is 5.96. The van der Waals surface area contributed by atoms with E-state index in [1.54, 1.807) is 6.07 Å². The quantitative estimate of drug-likeness (QED) is 0.430. The van der Waals surface area contributed by atoms with Gasteiger partial charge >= 0.3 is 12.0 Å². The number of benzene rings is 1. The van der Waals surface area contributed by atoms with Crippen molar-refractivity contribution in [2.75, 3.05) is 31.1 Å². The number of alkyl halides is 3. The van der Waals surface area contributed by atoms with Crippen LogP contribution in [0.25, 0.3) is 0 Å². The molecule has 1 aliphatic heterocycles. The minimum Gasteiger partial charge on any atom is -0.406 e. The molecule has 0 aliphatic carbocycles. The van der Waals surface area contributed by atoms with Crippen LogP contribution in [0.5, 0.6) is 5.75 Å². The van der Waals surface area contributed by atoms with E-state index in [0.717, 1.165) is 0 Å². The molecule has 156 valence electrons. The van der Waals surface area contributed by atoms with E-state index in [2.05, 4.69) is 28.1 Å². The second-order valence-corrected chi connectivity index (χ2v) is 6.35.